The highest BCUT2D eigenvalue weighted by Crippen LogP contribution is 2.34. The summed E-state index contributed by atoms with van der Waals surface area (Å²) < 4.78 is 0.0425. The summed E-state index contributed by atoms with van der Waals surface area (Å²) in [6, 6.07) is 1.45. The Bertz CT molecular complexity index is 428. The Kier molecular flexibility index (Phi) is 2.62. The molecule has 0 aromatic carbocycles. The van der Waals surface area contributed by atoms with Gasteiger partial charge in [-0.1, -0.05) is 11.6 Å². The molecule has 2 rings (SSSR count). The zero-order valence-electron chi connectivity index (χ0n) is 7.53. The van der Waals surface area contributed by atoms with Crippen molar-refractivity contribution in [3.05, 3.63) is 25.4 Å². The van der Waals surface area contributed by atoms with Gasteiger partial charge >= 0.3 is 0 Å². The number of hydrogen-bond acceptors (Lipinski definition) is 4. The van der Waals surface area contributed by atoms with Crippen LogP contribution in [0.5, 0.6) is 0 Å². The molecular formula is C8H7ClN2O3S. The maximum atomic E-state index is 11.5. The molecule has 0 saturated heterocycles. The highest BCUT2D eigenvalue weighted by Gasteiger charge is 2.26. The Morgan fingerprint density at radius 3 is 2.80 bits per heavy atom. The summed E-state index contributed by atoms with van der Waals surface area (Å²) in [7, 11) is 0. The molecule has 1 aliphatic carbocycles. The lowest BCUT2D eigenvalue weighted by molar-refractivity contribution is -0.384. The highest BCUT2D eigenvalue weighted by molar-refractivity contribution is 7.18. The first kappa shape index (κ1) is 10.4. The van der Waals surface area contributed by atoms with Crippen LogP contribution in [0.2, 0.25) is 4.34 Å². The molecule has 0 atom stereocenters. The fourth-order valence-electron chi connectivity index (χ4n) is 1.08. The summed E-state index contributed by atoms with van der Waals surface area (Å²) in [5, 5.41) is 13.2. The van der Waals surface area contributed by atoms with Gasteiger partial charge in [0.2, 0.25) is 0 Å². The van der Waals surface area contributed by atoms with E-state index < -0.39 is 4.92 Å². The van der Waals surface area contributed by atoms with Crippen LogP contribution < -0.4 is 5.32 Å². The lowest BCUT2D eigenvalue weighted by Crippen LogP contribution is -2.24. The third-order valence-corrected chi connectivity index (χ3v) is 3.34. The minimum absolute atomic E-state index is 0.0425. The second-order valence-corrected chi connectivity index (χ2v) is 4.93. The van der Waals surface area contributed by atoms with Crippen molar-refractivity contribution in [2.45, 2.75) is 18.9 Å². The number of nitrogens with one attached hydrogen (secondary N) is 1. The van der Waals surface area contributed by atoms with Crippen molar-refractivity contribution in [1.29, 1.82) is 0 Å². The topological polar surface area (TPSA) is 72.2 Å². The van der Waals surface area contributed by atoms with Gasteiger partial charge in [0.05, 0.1) is 4.92 Å². The molecule has 0 spiro atoms. The average Bonchev–Trinajstić information content (AvgIpc) is 2.86. The maximum absolute atomic E-state index is 11.5. The summed E-state index contributed by atoms with van der Waals surface area (Å²) >= 11 is 6.57. The van der Waals surface area contributed by atoms with Gasteiger partial charge in [0.1, 0.15) is 4.88 Å². The van der Waals surface area contributed by atoms with Crippen LogP contribution in [0.25, 0.3) is 0 Å². The van der Waals surface area contributed by atoms with Gasteiger partial charge in [0.15, 0.2) is 4.34 Å². The second-order valence-electron chi connectivity index (χ2n) is 3.27. The third-order valence-electron chi connectivity index (χ3n) is 2.00. The largest absolute Gasteiger partial charge is 0.349 e. The van der Waals surface area contributed by atoms with Gasteiger partial charge in [-0.05, 0) is 12.8 Å². The predicted molar refractivity (Wildman–Crippen MR) is 56.5 cm³/mol. The van der Waals surface area contributed by atoms with Crippen molar-refractivity contribution < 1.29 is 9.72 Å². The van der Waals surface area contributed by atoms with Crippen molar-refractivity contribution in [3.8, 4) is 0 Å². The summed E-state index contributed by atoms with van der Waals surface area (Å²) in [5.74, 6) is -0.280. The predicted octanol–water partition coefficient (Wildman–Crippen LogP) is 2.20. The number of rotatable bonds is 3. The Labute approximate surface area is 94.2 Å². The van der Waals surface area contributed by atoms with Crippen LogP contribution in [-0.4, -0.2) is 16.9 Å². The van der Waals surface area contributed by atoms with E-state index in [1.54, 1.807) is 0 Å². The molecule has 0 radical (unpaired) electrons. The average molecular weight is 247 g/mol. The second kappa shape index (κ2) is 3.79. The molecule has 1 saturated carbocycles. The van der Waals surface area contributed by atoms with E-state index in [-0.39, 0.29) is 22.0 Å². The zero-order chi connectivity index (χ0) is 11.0. The zero-order valence-corrected chi connectivity index (χ0v) is 9.10. The van der Waals surface area contributed by atoms with E-state index in [1.165, 1.54) is 6.07 Å². The molecule has 0 unspecified atom stereocenters. The Balaban J connectivity index is 2.17. The Hall–Kier alpha value is -1.14. The normalized spacial score (nSPS) is 15.0. The minimum Gasteiger partial charge on any atom is -0.349 e. The molecule has 5 nitrogen and oxygen atoms in total. The van der Waals surface area contributed by atoms with Crippen LogP contribution in [-0.2, 0) is 0 Å². The van der Waals surface area contributed by atoms with Crippen LogP contribution in [0.3, 0.4) is 0 Å². The van der Waals surface area contributed by atoms with Crippen LogP contribution in [0.4, 0.5) is 5.69 Å². The first-order valence-electron chi connectivity index (χ1n) is 4.32. The lowest BCUT2D eigenvalue weighted by Gasteiger charge is -1.97. The standard InChI is InChI=1S/C8H7ClN2O3S/c9-7-5(11(13)14)3-6(15-7)8(12)10-4-1-2-4/h3-4H,1-2H2,(H,10,12). The molecule has 15 heavy (non-hydrogen) atoms. The fraction of sp³-hybridized carbons (Fsp3) is 0.375. The summed E-state index contributed by atoms with van der Waals surface area (Å²) in [6.07, 6.45) is 1.96. The maximum Gasteiger partial charge on any atom is 0.299 e. The molecule has 0 aliphatic heterocycles. The van der Waals surface area contributed by atoms with E-state index in [0.717, 1.165) is 24.2 Å². The third kappa shape index (κ3) is 2.27. The van der Waals surface area contributed by atoms with Gasteiger partial charge in [-0.15, -0.1) is 11.3 Å². The smallest absolute Gasteiger partial charge is 0.299 e. The number of halogens is 1. The minimum atomic E-state index is -0.591. The van der Waals surface area contributed by atoms with Crippen molar-refractivity contribution in [2.24, 2.45) is 0 Å². The van der Waals surface area contributed by atoms with Gasteiger partial charge in [-0.2, -0.15) is 0 Å². The molecule has 0 bridgehead atoms. The van der Waals surface area contributed by atoms with Crippen LogP contribution in [0, 0.1) is 10.1 Å². The molecule has 1 amide bonds. The Morgan fingerprint density at radius 2 is 2.33 bits per heavy atom. The summed E-state index contributed by atoms with van der Waals surface area (Å²) in [5.41, 5.74) is -0.206. The molecule has 1 aromatic rings. The number of carbonyl (C=O) groups excluding carboxylic acids is 1. The highest BCUT2D eigenvalue weighted by atomic mass is 35.5. The van der Waals surface area contributed by atoms with E-state index in [4.69, 9.17) is 11.6 Å². The SMILES string of the molecule is O=C(NC1CC1)c1cc([N+](=O)[O-])c(Cl)s1. The number of nitrogens with zero attached hydrogens (tertiary/aromatic N) is 1. The van der Waals surface area contributed by atoms with Gasteiger partial charge in [0, 0.05) is 12.1 Å². The van der Waals surface area contributed by atoms with Gasteiger partial charge in [0.25, 0.3) is 11.6 Å². The molecule has 1 aliphatic rings. The van der Waals surface area contributed by atoms with E-state index >= 15 is 0 Å². The molecule has 1 heterocycles. The van der Waals surface area contributed by atoms with Gasteiger partial charge < -0.3 is 5.32 Å². The van der Waals surface area contributed by atoms with E-state index in [2.05, 4.69) is 5.32 Å². The molecule has 1 fully saturated rings. The van der Waals surface area contributed by atoms with Crippen molar-refractivity contribution in [2.75, 3.05) is 0 Å². The Morgan fingerprint density at radius 1 is 1.67 bits per heavy atom. The first-order valence-corrected chi connectivity index (χ1v) is 5.52. The van der Waals surface area contributed by atoms with Crippen molar-refractivity contribution in [1.82, 2.24) is 5.32 Å². The number of hydrogen-bond donors (Lipinski definition) is 1. The first-order chi connectivity index (χ1) is 7.08. The summed E-state index contributed by atoms with van der Waals surface area (Å²) in [6.45, 7) is 0. The van der Waals surface area contributed by atoms with E-state index in [1.807, 2.05) is 0 Å². The van der Waals surface area contributed by atoms with Crippen molar-refractivity contribution in [3.63, 3.8) is 0 Å². The molecule has 80 valence electrons. The van der Waals surface area contributed by atoms with Crippen LogP contribution in [0.1, 0.15) is 22.5 Å². The monoisotopic (exact) mass is 246 g/mol. The van der Waals surface area contributed by atoms with Gasteiger partial charge in [-0.3, -0.25) is 14.9 Å². The lowest BCUT2D eigenvalue weighted by atomic mass is 10.4. The summed E-state index contributed by atoms with van der Waals surface area (Å²) in [4.78, 5) is 21.7. The number of nitro groups is 1. The van der Waals surface area contributed by atoms with E-state index in [9.17, 15) is 14.9 Å². The van der Waals surface area contributed by atoms with Gasteiger partial charge in [-0.25, -0.2) is 0 Å². The quantitative estimate of drug-likeness (QED) is 0.656. The van der Waals surface area contributed by atoms with Crippen LogP contribution in [0.15, 0.2) is 6.07 Å². The number of thiophene rings is 1. The molecule has 1 aromatic heterocycles. The molecule has 7 heteroatoms. The van der Waals surface area contributed by atoms with E-state index in [0.29, 0.717) is 4.88 Å². The number of carbonyl (C=O) groups is 1. The van der Waals surface area contributed by atoms with Crippen LogP contribution >= 0.6 is 22.9 Å². The van der Waals surface area contributed by atoms with Crippen molar-refractivity contribution >= 4 is 34.5 Å². The number of amides is 1. The molecular weight excluding hydrogens is 240 g/mol. The molecule has 1 N–H and O–H groups in total. The fourth-order valence-corrected chi connectivity index (χ4v) is 2.21.